The van der Waals surface area contributed by atoms with E-state index >= 15 is 0 Å². The number of allylic oxidation sites excluding steroid dienone is 2. The maximum Gasteiger partial charge on any atom is 0.260 e. The zero-order chi connectivity index (χ0) is 27.5. The van der Waals surface area contributed by atoms with Crippen LogP contribution in [0.3, 0.4) is 0 Å². The molecule has 0 saturated heterocycles. The topological polar surface area (TPSA) is 30.9 Å². The van der Waals surface area contributed by atoms with Crippen LogP contribution in [0.2, 0.25) is 0 Å². The molecule has 0 bridgehead atoms. The second-order valence-corrected chi connectivity index (χ2v) is 10.2. The van der Waals surface area contributed by atoms with Gasteiger partial charge in [0.25, 0.3) is 6.71 Å². The molecule has 0 unspecified atom stereocenters. The summed E-state index contributed by atoms with van der Waals surface area (Å²) in [5.41, 5.74) is 8.26. The largest absolute Gasteiger partial charge is 0.458 e. The monoisotopic (exact) mass is 529 g/mol. The lowest BCUT2D eigenvalue weighted by molar-refractivity contribution is 0.431. The van der Waals surface area contributed by atoms with Crippen molar-refractivity contribution < 1.29 is 14.2 Å². The van der Waals surface area contributed by atoms with Crippen LogP contribution < -0.4 is 35.5 Å². The lowest BCUT2D eigenvalue weighted by Crippen LogP contribution is -2.57. The second-order valence-electron chi connectivity index (χ2n) is 10.2. The number of para-hydroxylation sites is 4. The first kappa shape index (κ1) is 23.5. The molecular formula is C36H24BNO3. The highest BCUT2D eigenvalue weighted by atomic mass is 16.5. The highest BCUT2D eigenvalue weighted by Gasteiger charge is 2.40. The number of hydrogen-bond acceptors (Lipinski definition) is 4. The van der Waals surface area contributed by atoms with Crippen LogP contribution in [0, 0.1) is 0 Å². The second kappa shape index (κ2) is 9.07. The molecule has 8 rings (SSSR count). The van der Waals surface area contributed by atoms with E-state index in [2.05, 4.69) is 78.7 Å². The van der Waals surface area contributed by atoms with Gasteiger partial charge in [0.1, 0.15) is 23.0 Å². The van der Waals surface area contributed by atoms with Crippen LogP contribution >= 0.6 is 0 Å². The van der Waals surface area contributed by atoms with Crippen molar-refractivity contribution in [3.05, 3.63) is 146 Å². The number of fused-ring (bicyclic) bond motifs is 5. The van der Waals surface area contributed by atoms with Crippen LogP contribution in [-0.4, -0.2) is 6.71 Å². The van der Waals surface area contributed by atoms with Gasteiger partial charge in [-0.05, 0) is 82.7 Å². The van der Waals surface area contributed by atoms with Gasteiger partial charge in [0.2, 0.25) is 0 Å². The molecule has 3 aliphatic heterocycles. The first-order valence-electron chi connectivity index (χ1n) is 13.6. The smallest absolute Gasteiger partial charge is 0.260 e. The van der Waals surface area contributed by atoms with E-state index in [1.807, 2.05) is 48.5 Å². The van der Waals surface area contributed by atoms with Crippen LogP contribution in [0.25, 0.3) is 11.1 Å². The molecule has 5 heteroatoms. The van der Waals surface area contributed by atoms with Gasteiger partial charge in [-0.15, -0.1) is 0 Å². The van der Waals surface area contributed by atoms with Gasteiger partial charge in [-0.25, -0.2) is 0 Å². The third-order valence-corrected chi connectivity index (χ3v) is 7.95. The summed E-state index contributed by atoms with van der Waals surface area (Å²) in [5.74, 6) is 4.86. The summed E-state index contributed by atoms with van der Waals surface area (Å²) in [4.78, 5) is 2.15. The van der Waals surface area contributed by atoms with Crippen molar-refractivity contribution in [1.82, 2.24) is 0 Å². The van der Waals surface area contributed by atoms with E-state index in [0.29, 0.717) is 5.76 Å². The summed E-state index contributed by atoms with van der Waals surface area (Å²) < 4.78 is 19.1. The maximum absolute atomic E-state index is 6.48. The van der Waals surface area contributed by atoms with E-state index in [-0.39, 0.29) is 6.71 Å². The van der Waals surface area contributed by atoms with E-state index in [9.17, 15) is 0 Å². The standard InChI is InChI=1S/C36H24BNO3/c1-3-28-30(4-2)39-33-16-10-7-13-29(33)38(28)25-19-17-23(18-20-25)24-21-34-36-35(22-24)41-32-15-9-6-12-27(32)37(36)26-11-5-8-14-31(26)40-34/h3-22H,1-2H2. The van der Waals surface area contributed by atoms with Crippen molar-refractivity contribution in [1.29, 1.82) is 0 Å². The van der Waals surface area contributed by atoms with Crippen molar-refractivity contribution in [2.24, 2.45) is 0 Å². The minimum Gasteiger partial charge on any atom is -0.458 e. The Bertz CT molecular complexity index is 1850. The molecule has 3 heterocycles. The van der Waals surface area contributed by atoms with Crippen molar-refractivity contribution in [3.8, 4) is 39.9 Å². The minimum atomic E-state index is 0.0656. The van der Waals surface area contributed by atoms with Crippen LogP contribution in [-0.2, 0) is 0 Å². The van der Waals surface area contributed by atoms with E-state index in [1.54, 1.807) is 12.2 Å². The Morgan fingerprint density at radius 2 is 1.15 bits per heavy atom. The van der Waals surface area contributed by atoms with Crippen LogP contribution in [0.4, 0.5) is 11.4 Å². The summed E-state index contributed by atoms with van der Waals surface area (Å²) in [5, 5.41) is 0. The van der Waals surface area contributed by atoms with E-state index in [4.69, 9.17) is 14.2 Å². The Balaban J connectivity index is 1.23. The van der Waals surface area contributed by atoms with E-state index in [0.717, 1.165) is 73.3 Å². The Kier molecular flexibility index (Phi) is 5.19. The predicted molar refractivity (Wildman–Crippen MR) is 166 cm³/mol. The maximum atomic E-state index is 6.48. The Morgan fingerprint density at radius 3 is 1.76 bits per heavy atom. The third kappa shape index (κ3) is 3.56. The van der Waals surface area contributed by atoms with Gasteiger partial charge in [0.05, 0.1) is 11.4 Å². The zero-order valence-corrected chi connectivity index (χ0v) is 22.2. The molecule has 0 N–H and O–H groups in total. The molecular weight excluding hydrogens is 505 g/mol. The fourth-order valence-electron chi connectivity index (χ4n) is 6.12. The minimum absolute atomic E-state index is 0.0656. The van der Waals surface area contributed by atoms with Gasteiger partial charge in [0, 0.05) is 11.2 Å². The summed E-state index contributed by atoms with van der Waals surface area (Å²) in [6.45, 7) is 8.06. The molecule has 5 aromatic carbocycles. The summed E-state index contributed by atoms with van der Waals surface area (Å²) in [7, 11) is 0. The summed E-state index contributed by atoms with van der Waals surface area (Å²) in [6, 6.07) is 37.3. The molecule has 0 fully saturated rings. The number of hydrogen-bond donors (Lipinski definition) is 0. The van der Waals surface area contributed by atoms with Crippen molar-refractivity contribution in [3.63, 3.8) is 0 Å². The number of ether oxygens (including phenoxy) is 3. The highest BCUT2D eigenvalue weighted by Crippen LogP contribution is 2.44. The fourth-order valence-corrected chi connectivity index (χ4v) is 6.12. The average molecular weight is 529 g/mol. The molecule has 0 radical (unpaired) electrons. The average Bonchev–Trinajstić information content (AvgIpc) is 3.03. The Hall–Kier alpha value is -5.42. The molecule has 4 nitrogen and oxygen atoms in total. The first-order valence-corrected chi connectivity index (χ1v) is 13.6. The highest BCUT2D eigenvalue weighted by molar-refractivity contribution is 6.98. The number of rotatable bonds is 4. The van der Waals surface area contributed by atoms with Gasteiger partial charge >= 0.3 is 0 Å². The molecule has 0 aliphatic carbocycles. The van der Waals surface area contributed by atoms with Crippen molar-refractivity contribution in [2.75, 3.05) is 4.90 Å². The molecule has 41 heavy (non-hydrogen) atoms. The fraction of sp³-hybridized carbons (Fsp3) is 0. The molecule has 5 aromatic rings. The zero-order valence-electron chi connectivity index (χ0n) is 22.2. The van der Waals surface area contributed by atoms with Crippen molar-refractivity contribution in [2.45, 2.75) is 0 Å². The molecule has 0 saturated carbocycles. The van der Waals surface area contributed by atoms with Crippen LogP contribution in [0.5, 0.6) is 28.7 Å². The predicted octanol–water partition coefficient (Wildman–Crippen LogP) is 7.20. The lowest BCUT2D eigenvalue weighted by atomic mass is 9.35. The quantitative estimate of drug-likeness (QED) is 0.226. The van der Waals surface area contributed by atoms with Gasteiger partial charge in [-0.3, -0.25) is 0 Å². The molecule has 0 atom stereocenters. The van der Waals surface area contributed by atoms with E-state index in [1.165, 1.54) is 0 Å². The SMILES string of the molecule is C=CC1=C(C=C)N(c2ccc(-c3cc4c5c(c3)Oc3ccccc3B5c3ccccc3O4)cc2)c2ccccc2O1. The molecule has 0 spiro atoms. The number of benzene rings is 5. The third-order valence-electron chi connectivity index (χ3n) is 7.95. The summed E-state index contributed by atoms with van der Waals surface area (Å²) >= 11 is 0. The molecule has 0 aromatic heterocycles. The van der Waals surface area contributed by atoms with Crippen molar-refractivity contribution >= 4 is 34.5 Å². The van der Waals surface area contributed by atoms with Crippen LogP contribution in [0.15, 0.2) is 146 Å². The Labute approximate surface area is 239 Å². The molecule has 194 valence electrons. The van der Waals surface area contributed by atoms with Crippen LogP contribution in [0.1, 0.15) is 0 Å². The van der Waals surface area contributed by atoms with E-state index < -0.39 is 0 Å². The van der Waals surface area contributed by atoms with Gasteiger partial charge in [0.15, 0.2) is 11.5 Å². The number of anilines is 2. The van der Waals surface area contributed by atoms with Gasteiger partial charge in [-0.2, -0.15) is 0 Å². The van der Waals surface area contributed by atoms with Gasteiger partial charge < -0.3 is 19.1 Å². The Morgan fingerprint density at radius 1 is 0.561 bits per heavy atom. The molecule has 3 aliphatic rings. The normalized spacial score (nSPS) is 14.0. The lowest BCUT2D eigenvalue weighted by Gasteiger charge is -2.33. The van der Waals surface area contributed by atoms with Gasteiger partial charge in [-0.1, -0.05) is 73.8 Å². The summed E-state index contributed by atoms with van der Waals surface area (Å²) in [6.07, 6.45) is 3.52. The number of nitrogens with zero attached hydrogens (tertiary/aromatic N) is 1. The first-order chi connectivity index (χ1) is 20.2. The molecule has 0 amide bonds.